The predicted molar refractivity (Wildman–Crippen MR) is 108 cm³/mol. The summed E-state index contributed by atoms with van der Waals surface area (Å²) in [5.74, 6) is 0.780. The Hall–Kier alpha value is -3.24. The van der Waals surface area contributed by atoms with E-state index in [0.717, 1.165) is 0 Å². The Morgan fingerprint density at radius 2 is 0.900 bits per heavy atom. The molecule has 0 saturated carbocycles. The Balaban J connectivity index is 1.79. The van der Waals surface area contributed by atoms with E-state index in [1.54, 1.807) is 0 Å². The highest BCUT2D eigenvalue weighted by atomic mass is 32.2. The van der Waals surface area contributed by atoms with Gasteiger partial charge in [-0.3, -0.25) is 0 Å². The van der Waals surface area contributed by atoms with Crippen molar-refractivity contribution in [3.8, 4) is 23.0 Å². The molecule has 0 radical (unpaired) electrons. The summed E-state index contributed by atoms with van der Waals surface area (Å²) in [6.07, 6.45) is 0. The van der Waals surface area contributed by atoms with Crippen molar-refractivity contribution in [3.63, 3.8) is 0 Å². The average Bonchev–Trinajstić information content (AvgIpc) is 2.73. The van der Waals surface area contributed by atoms with Gasteiger partial charge in [-0.2, -0.15) is 16.8 Å². The van der Waals surface area contributed by atoms with Crippen molar-refractivity contribution < 1.29 is 34.7 Å². The predicted octanol–water partition coefficient (Wildman–Crippen LogP) is 3.24. The molecule has 0 aliphatic heterocycles. The van der Waals surface area contributed by atoms with Crippen LogP contribution in [0.1, 0.15) is 0 Å². The first-order valence-corrected chi connectivity index (χ1v) is 11.3. The van der Waals surface area contributed by atoms with Gasteiger partial charge >= 0.3 is 20.2 Å². The molecular formula is C20H18O8S2. The Kier molecular flexibility index (Phi) is 6.18. The molecule has 158 valence electrons. The molecule has 0 saturated heterocycles. The van der Waals surface area contributed by atoms with Gasteiger partial charge in [-0.05, 0) is 60.7 Å². The van der Waals surface area contributed by atoms with E-state index in [1.807, 2.05) is 0 Å². The molecule has 0 atom stereocenters. The third kappa shape index (κ3) is 5.02. The Labute approximate surface area is 174 Å². The number of benzene rings is 3. The van der Waals surface area contributed by atoms with Crippen molar-refractivity contribution in [2.45, 2.75) is 9.79 Å². The lowest BCUT2D eigenvalue weighted by Gasteiger charge is -2.10. The van der Waals surface area contributed by atoms with Crippen LogP contribution in [0, 0.1) is 0 Å². The van der Waals surface area contributed by atoms with Crippen molar-refractivity contribution in [3.05, 3.63) is 72.8 Å². The summed E-state index contributed by atoms with van der Waals surface area (Å²) in [7, 11) is -5.34. The zero-order valence-corrected chi connectivity index (χ0v) is 17.6. The lowest BCUT2D eigenvalue weighted by Crippen LogP contribution is -2.11. The van der Waals surface area contributed by atoms with Crippen molar-refractivity contribution >= 4 is 20.2 Å². The molecule has 0 N–H and O–H groups in total. The lowest BCUT2D eigenvalue weighted by atomic mass is 10.3. The van der Waals surface area contributed by atoms with Crippen molar-refractivity contribution in [1.29, 1.82) is 0 Å². The summed E-state index contributed by atoms with van der Waals surface area (Å²) in [5, 5.41) is 0. The van der Waals surface area contributed by atoms with Crippen LogP contribution in [0.5, 0.6) is 23.0 Å². The summed E-state index contributed by atoms with van der Waals surface area (Å²) in [6.45, 7) is 0. The van der Waals surface area contributed by atoms with Gasteiger partial charge in [0, 0.05) is 6.07 Å². The van der Waals surface area contributed by atoms with Gasteiger partial charge in [0.25, 0.3) is 0 Å². The second-order valence-electron chi connectivity index (χ2n) is 5.90. The smallest absolute Gasteiger partial charge is 0.339 e. The second kappa shape index (κ2) is 8.64. The van der Waals surface area contributed by atoms with Gasteiger partial charge in [-0.1, -0.05) is 6.07 Å². The fourth-order valence-electron chi connectivity index (χ4n) is 2.41. The van der Waals surface area contributed by atoms with Crippen LogP contribution in [0.25, 0.3) is 0 Å². The van der Waals surface area contributed by atoms with Gasteiger partial charge in [0.1, 0.15) is 32.8 Å². The Bertz CT molecular complexity index is 1120. The molecule has 10 heteroatoms. The molecule has 30 heavy (non-hydrogen) atoms. The summed E-state index contributed by atoms with van der Waals surface area (Å²) in [5.41, 5.74) is 0. The highest BCUT2D eigenvalue weighted by molar-refractivity contribution is 7.87. The van der Waals surface area contributed by atoms with E-state index in [2.05, 4.69) is 0 Å². The molecule has 0 aliphatic carbocycles. The number of hydrogen-bond donors (Lipinski definition) is 0. The van der Waals surface area contributed by atoms with Gasteiger partial charge in [0.15, 0.2) is 0 Å². The number of rotatable bonds is 8. The van der Waals surface area contributed by atoms with E-state index >= 15 is 0 Å². The maximum absolute atomic E-state index is 12.4. The maximum atomic E-state index is 12.4. The number of ether oxygens (including phenoxy) is 2. The fraction of sp³-hybridized carbons (Fsp3) is 0.100. The second-order valence-corrected chi connectivity index (χ2v) is 8.99. The van der Waals surface area contributed by atoms with Crippen LogP contribution in [0.2, 0.25) is 0 Å². The van der Waals surface area contributed by atoms with Crippen molar-refractivity contribution in [1.82, 2.24) is 0 Å². The molecule has 0 unspecified atom stereocenters. The van der Waals surface area contributed by atoms with Crippen LogP contribution in [-0.4, -0.2) is 31.1 Å². The van der Waals surface area contributed by atoms with Crippen LogP contribution < -0.4 is 17.8 Å². The summed E-state index contributed by atoms with van der Waals surface area (Å²) < 4.78 is 70.0. The molecule has 3 aromatic rings. The van der Waals surface area contributed by atoms with Crippen LogP contribution in [-0.2, 0) is 20.2 Å². The first-order chi connectivity index (χ1) is 14.2. The molecule has 0 fully saturated rings. The Morgan fingerprint density at radius 3 is 1.23 bits per heavy atom. The minimum atomic E-state index is -4.13. The van der Waals surface area contributed by atoms with Gasteiger partial charge in [0.05, 0.1) is 14.2 Å². The van der Waals surface area contributed by atoms with Gasteiger partial charge in [-0.15, -0.1) is 0 Å². The first kappa shape index (κ1) is 21.5. The van der Waals surface area contributed by atoms with Crippen molar-refractivity contribution in [2.75, 3.05) is 14.2 Å². The Morgan fingerprint density at radius 1 is 0.533 bits per heavy atom. The molecule has 3 aromatic carbocycles. The molecule has 0 heterocycles. The molecule has 0 bridgehead atoms. The molecular weight excluding hydrogens is 432 g/mol. The third-order valence-corrected chi connectivity index (χ3v) is 6.44. The van der Waals surface area contributed by atoms with E-state index in [9.17, 15) is 16.8 Å². The normalized spacial score (nSPS) is 11.5. The van der Waals surface area contributed by atoms with E-state index < -0.39 is 20.2 Å². The number of hydrogen-bond acceptors (Lipinski definition) is 8. The summed E-state index contributed by atoms with van der Waals surface area (Å²) >= 11 is 0. The minimum Gasteiger partial charge on any atom is -0.497 e. The molecule has 0 aromatic heterocycles. The largest absolute Gasteiger partial charge is 0.497 e. The summed E-state index contributed by atoms with van der Waals surface area (Å²) in [6, 6.07) is 16.6. The molecule has 0 aliphatic rings. The average molecular weight is 450 g/mol. The zero-order valence-electron chi connectivity index (χ0n) is 16.0. The van der Waals surface area contributed by atoms with Crippen molar-refractivity contribution in [2.24, 2.45) is 0 Å². The van der Waals surface area contributed by atoms with Crippen LogP contribution >= 0.6 is 0 Å². The maximum Gasteiger partial charge on any atom is 0.339 e. The van der Waals surface area contributed by atoms with Crippen LogP contribution in [0.3, 0.4) is 0 Å². The molecule has 0 amide bonds. The molecule has 8 nitrogen and oxygen atoms in total. The van der Waals surface area contributed by atoms with Gasteiger partial charge in [-0.25, -0.2) is 0 Å². The third-order valence-electron chi connectivity index (χ3n) is 3.91. The van der Waals surface area contributed by atoms with Crippen LogP contribution in [0.4, 0.5) is 0 Å². The highest BCUT2D eigenvalue weighted by Gasteiger charge is 2.20. The standard InChI is InChI=1S/C20H18O8S2/c1-25-15-6-10-19(11-7-15)29(21,22)27-17-4-3-5-18(14-17)28-30(23,24)20-12-8-16(26-2)9-13-20/h3-14H,1-2H3. The van der Waals surface area contributed by atoms with Gasteiger partial charge < -0.3 is 17.8 Å². The number of methoxy groups -OCH3 is 2. The topological polar surface area (TPSA) is 105 Å². The SMILES string of the molecule is COc1ccc(S(=O)(=O)Oc2cccc(OS(=O)(=O)c3ccc(OC)cc3)c2)cc1. The lowest BCUT2D eigenvalue weighted by molar-refractivity contribution is 0.414. The molecule has 3 rings (SSSR count). The van der Waals surface area contributed by atoms with E-state index in [1.165, 1.54) is 87.0 Å². The molecule has 0 spiro atoms. The van der Waals surface area contributed by atoms with Gasteiger partial charge in [0.2, 0.25) is 0 Å². The quantitative estimate of drug-likeness (QED) is 0.482. The zero-order chi connectivity index (χ0) is 21.8. The monoisotopic (exact) mass is 450 g/mol. The van der Waals surface area contributed by atoms with Crippen LogP contribution in [0.15, 0.2) is 82.6 Å². The highest BCUT2D eigenvalue weighted by Crippen LogP contribution is 2.27. The first-order valence-electron chi connectivity index (χ1n) is 8.51. The fourth-order valence-corrected chi connectivity index (χ4v) is 4.26. The minimum absolute atomic E-state index is 0.0829. The van der Waals surface area contributed by atoms with E-state index in [4.69, 9.17) is 17.8 Å². The van der Waals surface area contributed by atoms with E-state index in [0.29, 0.717) is 11.5 Å². The van der Waals surface area contributed by atoms with E-state index in [-0.39, 0.29) is 21.3 Å². The summed E-state index contributed by atoms with van der Waals surface area (Å²) in [4.78, 5) is -0.166.